The van der Waals surface area contributed by atoms with Gasteiger partial charge in [-0.25, -0.2) is 0 Å². The zero-order valence-corrected chi connectivity index (χ0v) is 12.8. The Morgan fingerprint density at radius 2 is 1.84 bits per heavy atom. The summed E-state index contributed by atoms with van der Waals surface area (Å²) in [5.41, 5.74) is 9.76. The summed E-state index contributed by atoms with van der Waals surface area (Å²) >= 11 is 9.52. The second-order valence-corrected chi connectivity index (χ2v) is 5.36. The van der Waals surface area contributed by atoms with Crippen molar-refractivity contribution in [2.75, 3.05) is 0 Å². The van der Waals surface area contributed by atoms with Gasteiger partial charge in [0.15, 0.2) is 0 Å². The summed E-state index contributed by atoms with van der Waals surface area (Å²) in [5.74, 6) is -0.203. The van der Waals surface area contributed by atoms with Crippen molar-refractivity contribution in [3.05, 3.63) is 57.6 Å². The number of hydrogen-bond donors (Lipinski definition) is 1. The standard InChI is InChI=1S/C15H13BrClNO/c1-9-10(4-3-7-14(9)16)11-5-2-6-12(15(18)19)13(11)8-17/h2-7H,8H2,1H3,(H2,18,19). The Labute approximate surface area is 125 Å². The van der Waals surface area contributed by atoms with Gasteiger partial charge in [-0.15, -0.1) is 11.6 Å². The van der Waals surface area contributed by atoms with Crippen LogP contribution in [0.15, 0.2) is 40.9 Å². The van der Waals surface area contributed by atoms with Gasteiger partial charge in [-0.3, -0.25) is 4.79 Å². The molecule has 98 valence electrons. The molecule has 0 fully saturated rings. The highest BCUT2D eigenvalue weighted by Crippen LogP contribution is 2.33. The largest absolute Gasteiger partial charge is 0.366 e. The zero-order valence-electron chi connectivity index (χ0n) is 10.4. The van der Waals surface area contributed by atoms with E-state index in [0.717, 1.165) is 26.7 Å². The minimum atomic E-state index is -0.454. The van der Waals surface area contributed by atoms with E-state index in [-0.39, 0.29) is 5.88 Å². The van der Waals surface area contributed by atoms with Gasteiger partial charge in [0.25, 0.3) is 0 Å². The van der Waals surface area contributed by atoms with Crippen LogP contribution >= 0.6 is 27.5 Å². The Kier molecular flexibility index (Phi) is 4.27. The maximum atomic E-state index is 11.5. The van der Waals surface area contributed by atoms with E-state index in [1.807, 2.05) is 37.3 Å². The second kappa shape index (κ2) is 5.76. The van der Waals surface area contributed by atoms with Crippen molar-refractivity contribution in [3.63, 3.8) is 0 Å². The quantitative estimate of drug-likeness (QED) is 0.835. The molecule has 2 nitrogen and oxygen atoms in total. The number of rotatable bonds is 3. The van der Waals surface area contributed by atoms with Crippen molar-refractivity contribution >= 4 is 33.4 Å². The Balaban J connectivity index is 2.72. The Hall–Kier alpha value is -1.32. The summed E-state index contributed by atoms with van der Waals surface area (Å²) in [6, 6.07) is 11.4. The van der Waals surface area contributed by atoms with Crippen LogP contribution in [0.1, 0.15) is 21.5 Å². The van der Waals surface area contributed by atoms with E-state index in [2.05, 4.69) is 15.9 Å². The van der Waals surface area contributed by atoms with Crippen molar-refractivity contribution in [2.24, 2.45) is 5.73 Å². The summed E-state index contributed by atoms with van der Waals surface area (Å²) in [6.07, 6.45) is 0. The highest BCUT2D eigenvalue weighted by atomic mass is 79.9. The maximum absolute atomic E-state index is 11.5. The van der Waals surface area contributed by atoms with Crippen molar-refractivity contribution in [2.45, 2.75) is 12.8 Å². The third-order valence-electron chi connectivity index (χ3n) is 3.13. The fourth-order valence-corrected chi connectivity index (χ4v) is 2.77. The molecule has 0 heterocycles. The average molecular weight is 339 g/mol. The topological polar surface area (TPSA) is 43.1 Å². The molecule has 0 aliphatic rings. The monoisotopic (exact) mass is 337 g/mol. The predicted octanol–water partition coefficient (Wildman–Crippen LogP) is 4.26. The lowest BCUT2D eigenvalue weighted by molar-refractivity contribution is 0.0999. The molecule has 0 aromatic heterocycles. The molecular formula is C15H13BrClNO. The van der Waals surface area contributed by atoms with Gasteiger partial charge >= 0.3 is 0 Å². The van der Waals surface area contributed by atoms with Gasteiger partial charge in [-0.1, -0.05) is 40.2 Å². The molecule has 0 saturated carbocycles. The lowest BCUT2D eigenvalue weighted by atomic mass is 9.93. The van der Waals surface area contributed by atoms with Gasteiger partial charge in [-0.05, 0) is 41.3 Å². The van der Waals surface area contributed by atoms with Crippen LogP contribution in [0, 0.1) is 6.92 Å². The number of halogens is 2. The number of alkyl halides is 1. The van der Waals surface area contributed by atoms with Crippen molar-refractivity contribution in [3.8, 4) is 11.1 Å². The number of primary amides is 1. The molecule has 0 bridgehead atoms. The Bertz CT molecular complexity index is 640. The van der Waals surface area contributed by atoms with E-state index in [4.69, 9.17) is 17.3 Å². The molecule has 0 aliphatic carbocycles. The van der Waals surface area contributed by atoms with E-state index in [9.17, 15) is 4.79 Å². The van der Waals surface area contributed by atoms with Gasteiger partial charge < -0.3 is 5.73 Å². The van der Waals surface area contributed by atoms with Crippen LogP contribution in [0.5, 0.6) is 0 Å². The fourth-order valence-electron chi connectivity index (χ4n) is 2.11. The number of carbonyl (C=O) groups is 1. The number of nitrogens with two attached hydrogens (primary N) is 1. The van der Waals surface area contributed by atoms with E-state index in [1.165, 1.54) is 0 Å². The lowest BCUT2D eigenvalue weighted by Gasteiger charge is -2.14. The predicted molar refractivity (Wildman–Crippen MR) is 82.4 cm³/mol. The highest BCUT2D eigenvalue weighted by Gasteiger charge is 2.14. The molecular weight excluding hydrogens is 326 g/mol. The second-order valence-electron chi connectivity index (χ2n) is 4.24. The molecule has 2 N–H and O–H groups in total. The maximum Gasteiger partial charge on any atom is 0.249 e. The molecule has 2 aromatic rings. The third-order valence-corrected chi connectivity index (χ3v) is 4.26. The summed E-state index contributed by atoms with van der Waals surface area (Å²) < 4.78 is 1.02. The molecule has 1 amide bonds. The van der Waals surface area contributed by atoms with E-state index in [1.54, 1.807) is 6.07 Å². The summed E-state index contributed by atoms with van der Waals surface area (Å²) in [4.78, 5) is 11.5. The molecule has 19 heavy (non-hydrogen) atoms. The van der Waals surface area contributed by atoms with Crippen LogP contribution < -0.4 is 5.73 Å². The highest BCUT2D eigenvalue weighted by molar-refractivity contribution is 9.10. The number of carbonyl (C=O) groups excluding carboxylic acids is 1. The van der Waals surface area contributed by atoms with Crippen LogP contribution in [0.25, 0.3) is 11.1 Å². The van der Waals surface area contributed by atoms with Crippen molar-refractivity contribution in [1.82, 2.24) is 0 Å². The minimum absolute atomic E-state index is 0.250. The zero-order chi connectivity index (χ0) is 14.0. The van der Waals surface area contributed by atoms with Gasteiger partial charge in [0.2, 0.25) is 5.91 Å². The van der Waals surface area contributed by atoms with Crippen LogP contribution in [0.2, 0.25) is 0 Å². The number of amides is 1. The van der Waals surface area contributed by atoms with Crippen molar-refractivity contribution in [1.29, 1.82) is 0 Å². The number of benzene rings is 2. The Morgan fingerprint density at radius 1 is 1.21 bits per heavy atom. The summed E-state index contributed by atoms with van der Waals surface area (Å²) in [7, 11) is 0. The number of hydrogen-bond acceptors (Lipinski definition) is 1. The first-order valence-electron chi connectivity index (χ1n) is 5.79. The third kappa shape index (κ3) is 2.67. The fraction of sp³-hybridized carbons (Fsp3) is 0.133. The van der Waals surface area contributed by atoms with E-state index < -0.39 is 5.91 Å². The smallest absolute Gasteiger partial charge is 0.249 e. The first kappa shape index (κ1) is 14.1. The summed E-state index contributed by atoms with van der Waals surface area (Å²) in [6.45, 7) is 2.02. The molecule has 4 heteroatoms. The molecule has 0 spiro atoms. The van der Waals surface area contributed by atoms with Gasteiger partial charge in [0.05, 0.1) is 0 Å². The Morgan fingerprint density at radius 3 is 2.47 bits per heavy atom. The molecule has 0 radical (unpaired) electrons. The lowest BCUT2D eigenvalue weighted by Crippen LogP contribution is -2.14. The molecule has 0 atom stereocenters. The van der Waals surface area contributed by atoms with Crippen LogP contribution in [-0.4, -0.2) is 5.91 Å². The first-order valence-corrected chi connectivity index (χ1v) is 7.12. The van der Waals surface area contributed by atoms with E-state index in [0.29, 0.717) is 5.56 Å². The molecule has 0 aliphatic heterocycles. The van der Waals surface area contributed by atoms with Gasteiger partial charge in [-0.2, -0.15) is 0 Å². The molecule has 0 unspecified atom stereocenters. The minimum Gasteiger partial charge on any atom is -0.366 e. The van der Waals surface area contributed by atoms with E-state index >= 15 is 0 Å². The normalized spacial score (nSPS) is 10.5. The molecule has 0 saturated heterocycles. The molecule has 2 rings (SSSR count). The van der Waals surface area contributed by atoms with Crippen LogP contribution in [0.4, 0.5) is 0 Å². The van der Waals surface area contributed by atoms with Gasteiger partial charge in [0, 0.05) is 15.9 Å². The average Bonchev–Trinajstić information content (AvgIpc) is 2.41. The first-order chi connectivity index (χ1) is 9.06. The van der Waals surface area contributed by atoms with Crippen molar-refractivity contribution < 1.29 is 4.79 Å². The van der Waals surface area contributed by atoms with Crippen LogP contribution in [0.3, 0.4) is 0 Å². The molecule has 2 aromatic carbocycles. The SMILES string of the molecule is Cc1c(Br)cccc1-c1cccc(C(N)=O)c1CCl. The van der Waals surface area contributed by atoms with Gasteiger partial charge in [0.1, 0.15) is 0 Å². The van der Waals surface area contributed by atoms with Crippen LogP contribution in [-0.2, 0) is 5.88 Å². The summed E-state index contributed by atoms with van der Waals surface area (Å²) in [5, 5.41) is 0.